The van der Waals surface area contributed by atoms with Crippen LogP contribution >= 0.6 is 0 Å². The topological polar surface area (TPSA) is 80.7 Å². The number of fused-ring (bicyclic) bond motifs is 5. The van der Waals surface area contributed by atoms with Gasteiger partial charge < -0.3 is 9.84 Å². The van der Waals surface area contributed by atoms with Crippen molar-refractivity contribution >= 4 is 17.7 Å². The molecule has 4 saturated carbocycles. The molecule has 174 valence electrons. The fraction of sp³-hybridized carbons (Fsp3) is 0.885. The van der Waals surface area contributed by atoms with Gasteiger partial charge in [-0.3, -0.25) is 14.4 Å². The van der Waals surface area contributed by atoms with E-state index in [9.17, 15) is 14.4 Å². The molecule has 4 aliphatic rings. The molecule has 4 rings (SSSR count). The monoisotopic (exact) mass is 432 g/mol. The smallest absolute Gasteiger partial charge is 0.303 e. The Labute approximate surface area is 186 Å². The SMILES string of the molecule is CC(=O)O[C@H]1C[C@H]2CC[C@@H]3[C@H](CC[C@]4(C)[C@@H]([C@H](C)CCC(=O)O)CC[C@@H]34)[C@@]2(C)CC1=O. The van der Waals surface area contributed by atoms with Crippen LogP contribution in [0.3, 0.4) is 0 Å². The summed E-state index contributed by atoms with van der Waals surface area (Å²) in [6.07, 6.45) is 8.99. The van der Waals surface area contributed by atoms with Gasteiger partial charge in [-0.05, 0) is 97.7 Å². The molecule has 0 aromatic carbocycles. The van der Waals surface area contributed by atoms with Crippen LogP contribution in [0.25, 0.3) is 0 Å². The van der Waals surface area contributed by atoms with Crippen LogP contribution in [-0.4, -0.2) is 28.9 Å². The Morgan fingerprint density at radius 3 is 2.48 bits per heavy atom. The molecule has 0 aliphatic heterocycles. The average Bonchev–Trinajstić information content (AvgIpc) is 3.04. The molecule has 0 aromatic rings. The van der Waals surface area contributed by atoms with Crippen LogP contribution in [0, 0.1) is 46.3 Å². The summed E-state index contributed by atoms with van der Waals surface area (Å²) in [5.74, 6) is 2.58. The van der Waals surface area contributed by atoms with Crippen molar-refractivity contribution in [1.29, 1.82) is 0 Å². The van der Waals surface area contributed by atoms with Gasteiger partial charge in [-0.1, -0.05) is 20.8 Å². The highest BCUT2D eigenvalue weighted by molar-refractivity contribution is 5.86. The van der Waals surface area contributed by atoms with Gasteiger partial charge in [0.15, 0.2) is 11.9 Å². The Morgan fingerprint density at radius 1 is 1.10 bits per heavy atom. The molecular formula is C26H40O5. The number of Topliss-reactive ketones (excluding diaryl/α,β-unsaturated/α-hetero) is 1. The molecule has 5 nitrogen and oxygen atoms in total. The number of hydrogen-bond donors (Lipinski definition) is 1. The highest BCUT2D eigenvalue weighted by atomic mass is 16.5. The lowest BCUT2D eigenvalue weighted by atomic mass is 9.44. The van der Waals surface area contributed by atoms with Crippen LogP contribution < -0.4 is 0 Å². The molecule has 0 aromatic heterocycles. The second kappa shape index (κ2) is 8.19. The number of ketones is 1. The summed E-state index contributed by atoms with van der Waals surface area (Å²) >= 11 is 0. The molecule has 0 bridgehead atoms. The molecule has 0 saturated heterocycles. The number of carboxylic acid groups (broad SMARTS) is 1. The first kappa shape index (κ1) is 22.8. The quantitative estimate of drug-likeness (QED) is 0.600. The minimum Gasteiger partial charge on any atom is -0.481 e. The third kappa shape index (κ3) is 3.84. The fourth-order valence-electron chi connectivity index (χ4n) is 8.92. The summed E-state index contributed by atoms with van der Waals surface area (Å²) in [5, 5.41) is 9.13. The molecule has 4 fully saturated rings. The van der Waals surface area contributed by atoms with E-state index in [1.807, 2.05) is 0 Å². The van der Waals surface area contributed by atoms with Crippen molar-refractivity contribution in [2.45, 2.75) is 98.0 Å². The second-order valence-corrected chi connectivity index (χ2v) is 11.8. The van der Waals surface area contributed by atoms with Gasteiger partial charge in [0.25, 0.3) is 0 Å². The summed E-state index contributed by atoms with van der Waals surface area (Å²) in [6, 6.07) is 0. The normalized spacial score (nSPS) is 45.2. The van der Waals surface area contributed by atoms with Crippen molar-refractivity contribution in [3.8, 4) is 0 Å². The minimum atomic E-state index is -0.685. The van der Waals surface area contributed by atoms with E-state index in [1.165, 1.54) is 39.0 Å². The summed E-state index contributed by atoms with van der Waals surface area (Å²) in [7, 11) is 0. The first-order valence-corrected chi connectivity index (χ1v) is 12.5. The van der Waals surface area contributed by atoms with Crippen molar-refractivity contribution in [3.05, 3.63) is 0 Å². The van der Waals surface area contributed by atoms with Crippen molar-refractivity contribution in [2.75, 3.05) is 0 Å². The number of carboxylic acids is 1. The lowest BCUT2D eigenvalue weighted by molar-refractivity contribution is -0.170. The van der Waals surface area contributed by atoms with Crippen molar-refractivity contribution in [2.24, 2.45) is 46.3 Å². The molecule has 0 unspecified atom stereocenters. The van der Waals surface area contributed by atoms with Crippen molar-refractivity contribution in [1.82, 2.24) is 0 Å². The highest BCUT2D eigenvalue weighted by Crippen LogP contribution is 2.68. The maximum atomic E-state index is 12.9. The molecule has 1 N–H and O–H groups in total. The Morgan fingerprint density at radius 2 is 1.81 bits per heavy atom. The number of rotatable bonds is 5. The second-order valence-electron chi connectivity index (χ2n) is 11.8. The third-order valence-electron chi connectivity index (χ3n) is 10.4. The fourth-order valence-corrected chi connectivity index (χ4v) is 8.92. The summed E-state index contributed by atoms with van der Waals surface area (Å²) in [6.45, 7) is 8.50. The van der Waals surface area contributed by atoms with Crippen molar-refractivity contribution in [3.63, 3.8) is 0 Å². The Kier molecular flexibility index (Phi) is 6.02. The summed E-state index contributed by atoms with van der Waals surface area (Å²) < 4.78 is 5.37. The zero-order chi connectivity index (χ0) is 22.6. The average molecular weight is 433 g/mol. The zero-order valence-corrected chi connectivity index (χ0v) is 19.7. The number of carbonyl (C=O) groups excluding carboxylic acids is 2. The molecular weight excluding hydrogens is 392 g/mol. The van der Waals surface area contributed by atoms with Crippen LogP contribution in [0.1, 0.15) is 91.9 Å². The summed E-state index contributed by atoms with van der Waals surface area (Å²) in [5.41, 5.74) is 0.340. The van der Waals surface area contributed by atoms with E-state index in [0.717, 1.165) is 12.8 Å². The van der Waals surface area contributed by atoms with Gasteiger partial charge in [-0.15, -0.1) is 0 Å². The molecule has 9 atom stereocenters. The van der Waals surface area contributed by atoms with Gasteiger partial charge in [-0.25, -0.2) is 0 Å². The lowest BCUT2D eigenvalue weighted by Crippen LogP contribution is -2.56. The van der Waals surface area contributed by atoms with Crippen LogP contribution in [0.2, 0.25) is 0 Å². The van der Waals surface area contributed by atoms with Crippen molar-refractivity contribution < 1.29 is 24.2 Å². The van der Waals surface area contributed by atoms with Gasteiger partial charge in [0.2, 0.25) is 0 Å². The van der Waals surface area contributed by atoms with E-state index in [-0.39, 0.29) is 23.6 Å². The predicted molar refractivity (Wildman–Crippen MR) is 117 cm³/mol. The summed E-state index contributed by atoms with van der Waals surface area (Å²) in [4.78, 5) is 35.4. The standard InChI is InChI=1S/C26H40O5/c1-15(5-10-24(29)30)19-8-9-20-18-7-6-17-13-23(31-16(2)27)22(28)14-26(17,4)21(18)11-12-25(19,20)3/h15,17-21,23H,5-14H2,1-4H3,(H,29,30)/t15-,17-,18+,19-,20+,21+,23+,25-,26+/m1/s1. The Balaban J connectivity index is 1.50. The van der Waals surface area contributed by atoms with E-state index in [2.05, 4.69) is 20.8 Å². The third-order valence-corrected chi connectivity index (χ3v) is 10.4. The van der Waals surface area contributed by atoms with Crippen LogP contribution in [0.5, 0.6) is 0 Å². The molecule has 0 spiro atoms. The minimum absolute atomic E-state index is 0.0327. The Bertz CT molecular complexity index is 746. The Hall–Kier alpha value is -1.39. The molecule has 5 heteroatoms. The number of carbonyl (C=O) groups is 3. The zero-order valence-electron chi connectivity index (χ0n) is 19.7. The molecule has 0 heterocycles. The first-order chi connectivity index (χ1) is 14.6. The van der Waals surface area contributed by atoms with E-state index in [1.54, 1.807) is 0 Å². The van der Waals surface area contributed by atoms with Gasteiger partial charge in [0, 0.05) is 19.8 Å². The van der Waals surface area contributed by atoms with Crippen LogP contribution in [0.15, 0.2) is 0 Å². The molecule has 0 amide bonds. The van der Waals surface area contributed by atoms with Gasteiger partial charge in [0.05, 0.1) is 0 Å². The number of aliphatic carboxylic acids is 1. The van der Waals surface area contributed by atoms with E-state index in [4.69, 9.17) is 9.84 Å². The number of ether oxygens (including phenoxy) is 1. The van der Waals surface area contributed by atoms with E-state index >= 15 is 0 Å². The van der Waals surface area contributed by atoms with Crippen LogP contribution in [0.4, 0.5) is 0 Å². The first-order valence-electron chi connectivity index (χ1n) is 12.5. The van der Waals surface area contributed by atoms with Gasteiger partial charge in [-0.2, -0.15) is 0 Å². The van der Waals surface area contributed by atoms with Crippen LogP contribution in [-0.2, 0) is 19.1 Å². The molecule has 4 aliphatic carbocycles. The molecule has 0 radical (unpaired) electrons. The molecule has 31 heavy (non-hydrogen) atoms. The number of esters is 1. The highest BCUT2D eigenvalue weighted by Gasteiger charge is 2.61. The lowest BCUT2D eigenvalue weighted by Gasteiger charge is -2.61. The largest absolute Gasteiger partial charge is 0.481 e. The maximum Gasteiger partial charge on any atom is 0.303 e. The van der Waals surface area contributed by atoms with Gasteiger partial charge in [0.1, 0.15) is 0 Å². The predicted octanol–water partition coefficient (Wildman–Crippen LogP) is 5.26. The van der Waals surface area contributed by atoms with Gasteiger partial charge >= 0.3 is 11.9 Å². The maximum absolute atomic E-state index is 12.9. The van der Waals surface area contributed by atoms with E-state index in [0.29, 0.717) is 53.8 Å². The van der Waals surface area contributed by atoms with E-state index < -0.39 is 12.1 Å². The number of hydrogen-bond acceptors (Lipinski definition) is 4.